The van der Waals surface area contributed by atoms with Gasteiger partial charge in [0.1, 0.15) is 28.1 Å². The zero-order valence-electron chi connectivity index (χ0n) is 19.8. The number of aliphatic carboxylic acids is 1. The van der Waals surface area contributed by atoms with Crippen LogP contribution in [0.15, 0.2) is 52.3 Å². The molecule has 3 aromatic rings. The molecule has 0 atom stereocenters. The van der Waals surface area contributed by atoms with Gasteiger partial charge < -0.3 is 14.9 Å². The molecule has 0 bridgehead atoms. The number of carbonyl (C=O) groups is 2. The van der Waals surface area contributed by atoms with Crippen molar-refractivity contribution >= 4 is 63.4 Å². The fourth-order valence-electron chi connectivity index (χ4n) is 4.40. The predicted molar refractivity (Wildman–Crippen MR) is 145 cm³/mol. The van der Waals surface area contributed by atoms with E-state index in [4.69, 9.17) is 22.3 Å². The lowest BCUT2D eigenvalue weighted by Crippen LogP contribution is -2.47. The van der Waals surface area contributed by atoms with Crippen molar-refractivity contribution < 1.29 is 19.1 Å². The SMILES string of the molecule is Cc1cccn2c(=O)c(C=C3SC(=S)N(CC(=O)O)C3=O)c(N3CCN(c4ccc(F)cc4)CC3)nc12. The number of rotatable bonds is 5. The van der Waals surface area contributed by atoms with Crippen molar-refractivity contribution in [2.45, 2.75) is 6.92 Å². The molecule has 2 saturated heterocycles. The first-order valence-corrected chi connectivity index (χ1v) is 12.7. The third-order valence-corrected chi connectivity index (χ3v) is 7.66. The molecular weight excluding hydrogens is 517 g/mol. The molecule has 0 aliphatic carbocycles. The molecule has 2 aliphatic heterocycles. The summed E-state index contributed by atoms with van der Waals surface area (Å²) < 4.78 is 14.9. The molecule has 9 nitrogen and oxygen atoms in total. The van der Waals surface area contributed by atoms with Gasteiger partial charge in [0.15, 0.2) is 0 Å². The number of pyridine rings is 1. The third-order valence-electron chi connectivity index (χ3n) is 6.28. The van der Waals surface area contributed by atoms with E-state index < -0.39 is 18.4 Å². The molecule has 1 aromatic carbocycles. The van der Waals surface area contributed by atoms with E-state index in [1.54, 1.807) is 24.4 Å². The summed E-state index contributed by atoms with van der Waals surface area (Å²) in [6.45, 7) is 3.67. The molecule has 0 saturated carbocycles. The van der Waals surface area contributed by atoms with Crippen molar-refractivity contribution in [2.75, 3.05) is 42.5 Å². The number of thiocarbonyl (C=S) groups is 1. The summed E-state index contributed by atoms with van der Waals surface area (Å²) in [7, 11) is 0. The molecule has 2 aromatic heterocycles. The molecule has 0 radical (unpaired) electrons. The van der Waals surface area contributed by atoms with Gasteiger partial charge in [0.2, 0.25) is 0 Å². The van der Waals surface area contributed by atoms with Crippen LogP contribution in [0.3, 0.4) is 0 Å². The van der Waals surface area contributed by atoms with Crippen molar-refractivity contribution in [3.8, 4) is 0 Å². The smallest absolute Gasteiger partial charge is 0.323 e. The molecule has 4 heterocycles. The second kappa shape index (κ2) is 9.94. The lowest BCUT2D eigenvalue weighted by Gasteiger charge is -2.37. The van der Waals surface area contributed by atoms with Crippen molar-refractivity contribution in [1.82, 2.24) is 14.3 Å². The zero-order chi connectivity index (χ0) is 26.3. The number of nitrogens with zero attached hydrogens (tertiary/aromatic N) is 5. The highest BCUT2D eigenvalue weighted by atomic mass is 32.2. The zero-order valence-corrected chi connectivity index (χ0v) is 21.4. The first-order chi connectivity index (χ1) is 17.7. The van der Waals surface area contributed by atoms with Crippen LogP contribution in [0.4, 0.5) is 15.9 Å². The standard InChI is InChI=1S/C25H22FN5O4S2/c1-15-3-2-8-30-21(15)27-22(29-11-9-28(10-12-29)17-6-4-16(26)5-7-17)18(23(30)34)13-19-24(35)31(14-20(32)33)25(36)37-19/h2-8,13H,9-12,14H2,1H3,(H,32,33). The number of anilines is 2. The molecule has 12 heteroatoms. The summed E-state index contributed by atoms with van der Waals surface area (Å²) in [4.78, 5) is 47.9. The summed E-state index contributed by atoms with van der Waals surface area (Å²) in [5, 5.41) is 9.13. The summed E-state index contributed by atoms with van der Waals surface area (Å²) in [5.74, 6) is -1.59. The van der Waals surface area contributed by atoms with Crippen LogP contribution in [0, 0.1) is 12.7 Å². The largest absolute Gasteiger partial charge is 0.480 e. The summed E-state index contributed by atoms with van der Waals surface area (Å²) >= 11 is 6.17. The monoisotopic (exact) mass is 539 g/mol. The highest BCUT2D eigenvalue weighted by molar-refractivity contribution is 8.26. The number of thioether (sulfide) groups is 1. The summed E-state index contributed by atoms with van der Waals surface area (Å²) in [5.41, 5.74) is 2.14. The van der Waals surface area contributed by atoms with Gasteiger partial charge in [-0.15, -0.1) is 0 Å². The molecule has 0 unspecified atom stereocenters. The van der Waals surface area contributed by atoms with Crippen molar-refractivity contribution in [3.63, 3.8) is 0 Å². The number of halogens is 1. The summed E-state index contributed by atoms with van der Waals surface area (Å²) in [6, 6.07) is 9.94. The highest BCUT2D eigenvalue weighted by Crippen LogP contribution is 2.33. The number of benzene rings is 1. The van der Waals surface area contributed by atoms with Gasteiger partial charge in [-0.05, 0) is 48.9 Å². The minimum atomic E-state index is -1.18. The van der Waals surface area contributed by atoms with Gasteiger partial charge >= 0.3 is 5.97 Å². The van der Waals surface area contributed by atoms with Crippen LogP contribution in [-0.2, 0) is 9.59 Å². The van der Waals surface area contributed by atoms with Crippen LogP contribution < -0.4 is 15.4 Å². The molecule has 190 valence electrons. The number of aryl methyl sites for hydroxylation is 1. The number of hydrogen-bond donors (Lipinski definition) is 1. The van der Waals surface area contributed by atoms with Gasteiger partial charge in [-0.3, -0.25) is 23.7 Å². The Morgan fingerprint density at radius 1 is 1.14 bits per heavy atom. The number of fused-ring (bicyclic) bond motifs is 1. The van der Waals surface area contributed by atoms with E-state index >= 15 is 0 Å². The maximum Gasteiger partial charge on any atom is 0.323 e. The van der Waals surface area contributed by atoms with Gasteiger partial charge in [-0.25, -0.2) is 9.37 Å². The van der Waals surface area contributed by atoms with Gasteiger partial charge in [-0.1, -0.05) is 30.0 Å². The molecule has 2 fully saturated rings. The molecule has 0 spiro atoms. The fourth-order valence-corrected chi connectivity index (χ4v) is 5.64. The molecule has 1 N–H and O–H groups in total. The van der Waals surface area contributed by atoms with Crippen LogP contribution in [0.5, 0.6) is 0 Å². The van der Waals surface area contributed by atoms with Crippen LogP contribution >= 0.6 is 24.0 Å². The Bertz CT molecular complexity index is 1510. The molecule has 5 rings (SSSR count). The average molecular weight is 540 g/mol. The normalized spacial score (nSPS) is 17.4. The van der Waals surface area contributed by atoms with Gasteiger partial charge in [-0.2, -0.15) is 0 Å². The molecular formula is C25H22FN5O4S2. The maximum absolute atomic E-state index is 13.6. The molecule has 37 heavy (non-hydrogen) atoms. The molecule has 2 aliphatic rings. The van der Waals surface area contributed by atoms with Crippen LogP contribution in [0.1, 0.15) is 11.1 Å². The van der Waals surface area contributed by atoms with Gasteiger partial charge in [0.25, 0.3) is 11.5 Å². The minimum Gasteiger partial charge on any atom is -0.480 e. The van der Waals surface area contributed by atoms with Crippen molar-refractivity contribution in [3.05, 3.63) is 74.8 Å². The topological polar surface area (TPSA) is 98.5 Å². The predicted octanol–water partition coefficient (Wildman–Crippen LogP) is 2.75. The van der Waals surface area contributed by atoms with E-state index in [1.807, 2.05) is 17.9 Å². The highest BCUT2D eigenvalue weighted by Gasteiger charge is 2.34. The number of hydrogen-bond acceptors (Lipinski definition) is 8. The second-order valence-electron chi connectivity index (χ2n) is 8.65. The third kappa shape index (κ3) is 4.81. The number of carbonyl (C=O) groups excluding carboxylic acids is 1. The Balaban J connectivity index is 1.53. The van der Waals surface area contributed by atoms with Crippen LogP contribution in [-0.4, -0.2) is 68.3 Å². The fraction of sp³-hybridized carbons (Fsp3) is 0.240. The Morgan fingerprint density at radius 2 is 1.81 bits per heavy atom. The maximum atomic E-state index is 13.6. The number of aromatic nitrogens is 2. The van der Waals surface area contributed by atoms with Gasteiger partial charge in [0, 0.05) is 38.1 Å². The average Bonchev–Trinajstić information content (AvgIpc) is 3.13. The number of carboxylic acid groups (broad SMARTS) is 1. The van der Waals surface area contributed by atoms with Crippen LogP contribution in [0.2, 0.25) is 0 Å². The molecule has 1 amide bonds. The minimum absolute atomic E-state index is 0.123. The quantitative estimate of drug-likeness (QED) is 0.388. The van der Waals surface area contributed by atoms with E-state index in [0.29, 0.717) is 37.6 Å². The van der Waals surface area contributed by atoms with E-state index in [0.717, 1.165) is 27.9 Å². The second-order valence-corrected chi connectivity index (χ2v) is 10.3. The van der Waals surface area contributed by atoms with E-state index in [9.17, 15) is 18.8 Å². The first kappa shape index (κ1) is 24.9. The number of carboxylic acids is 1. The van der Waals surface area contributed by atoms with E-state index in [-0.39, 0.29) is 26.2 Å². The Kier molecular flexibility index (Phi) is 6.69. The van der Waals surface area contributed by atoms with Crippen LogP contribution in [0.25, 0.3) is 11.7 Å². The Labute approximate surface area is 220 Å². The van der Waals surface area contributed by atoms with E-state index in [1.165, 1.54) is 22.6 Å². The lowest BCUT2D eigenvalue weighted by molar-refractivity contribution is -0.140. The Morgan fingerprint density at radius 3 is 2.49 bits per heavy atom. The first-order valence-electron chi connectivity index (χ1n) is 11.5. The summed E-state index contributed by atoms with van der Waals surface area (Å²) in [6.07, 6.45) is 3.09. The lowest BCUT2D eigenvalue weighted by atomic mass is 10.2. The van der Waals surface area contributed by atoms with E-state index in [2.05, 4.69) is 4.90 Å². The number of piperazine rings is 1. The number of amides is 1. The van der Waals surface area contributed by atoms with Crippen molar-refractivity contribution in [1.29, 1.82) is 0 Å². The van der Waals surface area contributed by atoms with Gasteiger partial charge in [0.05, 0.1) is 10.5 Å². The van der Waals surface area contributed by atoms with Crippen molar-refractivity contribution in [2.24, 2.45) is 0 Å². The Hall–Kier alpha value is -3.77.